The highest BCUT2D eigenvalue weighted by Crippen LogP contribution is 2.46. The first kappa shape index (κ1) is 27.0. The molecular formula is C42H27ClN2S. The van der Waals surface area contributed by atoms with Crippen LogP contribution in [-0.2, 0) is 0 Å². The molecule has 218 valence electrons. The average Bonchev–Trinajstić information content (AvgIpc) is 3.66. The molecule has 0 bridgehead atoms. The van der Waals surface area contributed by atoms with Crippen molar-refractivity contribution >= 4 is 71.2 Å². The summed E-state index contributed by atoms with van der Waals surface area (Å²) >= 11 is 8.82. The van der Waals surface area contributed by atoms with Crippen LogP contribution < -0.4 is 4.90 Å². The van der Waals surface area contributed by atoms with Gasteiger partial charge in [-0.15, -0.1) is 11.3 Å². The van der Waals surface area contributed by atoms with E-state index in [1.807, 2.05) is 17.4 Å². The van der Waals surface area contributed by atoms with Crippen LogP contribution in [0.2, 0.25) is 5.02 Å². The first-order valence-electron chi connectivity index (χ1n) is 15.4. The van der Waals surface area contributed by atoms with E-state index in [9.17, 15) is 0 Å². The van der Waals surface area contributed by atoms with Gasteiger partial charge < -0.3 is 9.47 Å². The van der Waals surface area contributed by atoms with Crippen LogP contribution in [-0.4, -0.2) is 4.57 Å². The molecule has 2 heterocycles. The van der Waals surface area contributed by atoms with Crippen LogP contribution in [0.3, 0.4) is 0 Å². The Morgan fingerprint density at radius 3 is 1.83 bits per heavy atom. The Morgan fingerprint density at radius 1 is 0.435 bits per heavy atom. The van der Waals surface area contributed by atoms with Crippen molar-refractivity contribution in [1.29, 1.82) is 0 Å². The molecule has 0 N–H and O–H groups in total. The summed E-state index contributed by atoms with van der Waals surface area (Å²) in [5.41, 5.74) is 11.4. The molecule has 0 aliphatic carbocycles. The zero-order valence-electron chi connectivity index (χ0n) is 24.8. The van der Waals surface area contributed by atoms with Crippen molar-refractivity contribution in [3.05, 3.63) is 169 Å². The van der Waals surface area contributed by atoms with Crippen LogP contribution in [0, 0.1) is 0 Å². The second-order valence-corrected chi connectivity index (χ2v) is 13.1. The SMILES string of the molecule is Clc1cc(-c2cc3sc4cccc5c4c3c(c2)n5-c2ccccc2)cc(N(c2ccccc2)c2ccc(-c3ccccc3)cc2)c1. The largest absolute Gasteiger partial charge is 0.310 e. The van der Waals surface area contributed by atoms with Crippen molar-refractivity contribution in [2.45, 2.75) is 0 Å². The number of benzene rings is 7. The summed E-state index contributed by atoms with van der Waals surface area (Å²) in [5.74, 6) is 0. The van der Waals surface area contributed by atoms with Crippen molar-refractivity contribution in [3.8, 4) is 27.9 Å². The van der Waals surface area contributed by atoms with Gasteiger partial charge in [0.05, 0.1) is 11.0 Å². The molecule has 0 unspecified atom stereocenters. The van der Waals surface area contributed by atoms with Gasteiger partial charge in [-0.2, -0.15) is 0 Å². The third-order valence-corrected chi connectivity index (χ3v) is 10.1. The second kappa shape index (κ2) is 10.9. The van der Waals surface area contributed by atoms with Gasteiger partial charge in [-0.3, -0.25) is 0 Å². The summed E-state index contributed by atoms with van der Waals surface area (Å²) in [4.78, 5) is 2.28. The maximum Gasteiger partial charge on any atom is 0.0562 e. The highest BCUT2D eigenvalue weighted by Gasteiger charge is 2.21. The summed E-state index contributed by atoms with van der Waals surface area (Å²) in [7, 11) is 0. The Hall–Kier alpha value is -5.35. The Labute approximate surface area is 276 Å². The molecule has 2 nitrogen and oxygen atoms in total. The monoisotopic (exact) mass is 626 g/mol. The molecule has 4 heteroatoms. The molecule has 0 saturated heterocycles. The number of rotatable bonds is 6. The smallest absolute Gasteiger partial charge is 0.0562 e. The number of para-hydroxylation sites is 2. The predicted molar refractivity (Wildman–Crippen MR) is 198 cm³/mol. The molecule has 7 aromatic carbocycles. The van der Waals surface area contributed by atoms with Crippen molar-refractivity contribution < 1.29 is 0 Å². The number of hydrogen-bond donors (Lipinski definition) is 0. The Bertz CT molecular complexity index is 2460. The minimum atomic E-state index is 0.697. The van der Waals surface area contributed by atoms with E-state index in [4.69, 9.17) is 11.6 Å². The number of halogens is 1. The Morgan fingerprint density at radius 2 is 1.07 bits per heavy atom. The van der Waals surface area contributed by atoms with Crippen molar-refractivity contribution in [1.82, 2.24) is 4.57 Å². The van der Waals surface area contributed by atoms with Gasteiger partial charge in [0, 0.05) is 47.9 Å². The fraction of sp³-hybridized carbons (Fsp3) is 0. The summed E-state index contributed by atoms with van der Waals surface area (Å²) in [5, 5.41) is 3.37. The second-order valence-electron chi connectivity index (χ2n) is 11.6. The van der Waals surface area contributed by atoms with E-state index in [-0.39, 0.29) is 0 Å². The maximum atomic E-state index is 6.96. The summed E-state index contributed by atoms with van der Waals surface area (Å²) < 4.78 is 4.99. The van der Waals surface area contributed by atoms with Gasteiger partial charge in [0.25, 0.3) is 0 Å². The number of hydrogen-bond acceptors (Lipinski definition) is 2. The lowest BCUT2D eigenvalue weighted by Crippen LogP contribution is -2.10. The predicted octanol–water partition coefficient (Wildman–Crippen LogP) is 12.9. The molecular weight excluding hydrogens is 600 g/mol. The van der Waals surface area contributed by atoms with E-state index in [1.165, 1.54) is 42.3 Å². The zero-order valence-corrected chi connectivity index (χ0v) is 26.3. The van der Waals surface area contributed by atoms with Gasteiger partial charge >= 0.3 is 0 Å². The van der Waals surface area contributed by atoms with E-state index in [0.29, 0.717) is 5.02 Å². The number of aromatic nitrogens is 1. The first-order chi connectivity index (χ1) is 22.7. The van der Waals surface area contributed by atoms with E-state index in [0.717, 1.165) is 33.9 Å². The lowest BCUT2D eigenvalue weighted by Gasteiger charge is -2.26. The minimum Gasteiger partial charge on any atom is -0.310 e. The molecule has 0 fully saturated rings. The lowest BCUT2D eigenvalue weighted by atomic mass is 10.0. The quantitative estimate of drug-likeness (QED) is 0.178. The third kappa shape index (κ3) is 4.47. The van der Waals surface area contributed by atoms with Crippen LogP contribution in [0.25, 0.3) is 59.1 Å². The zero-order chi connectivity index (χ0) is 30.6. The van der Waals surface area contributed by atoms with Gasteiger partial charge in [0.1, 0.15) is 0 Å². The topological polar surface area (TPSA) is 8.17 Å². The fourth-order valence-corrected chi connectivity index (χ4v) is 8.17. The minimum absolute atomic E-state index is 0.697. The summed E-state index contributed by atoms with van der Waals surface area (Å²) in [6.45, 7) is 0. The van der Waals surface area contributed by atoms with Crippen molar-refractivity contribution in [3.63, 3.8) is 0 Å². The first-order valence-corrected chi connectivity index (χ1v) is 16.6. The van der Waals surface area contributed by atoms with Crippen LogP contribution >= 0.6 is 22.9 Å². The molecule has 0 aliphatic rings. The Balaban J connectivity index is 1.22. The van der Waals surface area contributed by atoms with Crippen LogP contribution in [0.1, 0.15) is 0 Å². The standard InChI is InChI=1S/C42H27ClN2S/c43-32-23-30(31-25-38-42-40(26-31)46-39-18-10-17-37(41(39)42)45(38)34-15-8-3-9-16-34)24-36(27-32)44(33-13-6-2-7-14-33)35-21-19-29(20-22-35)28-11-4-1-5-12-28/h1-27H. The average molecular weight is 627 g/mol. The van der Waals surface area contributed by atoms with E-state index in [1.54, 1.807) is 0 Å². The maximum absolute atomic E-state index is 6.96. The van der Waals surface area contributed by atoms with E-state index >= 15 is 0 Å². The van der Waals surface area contributed by atoms with Gasteiger partial charge in [-0.25, -0.2) is 0 Å². The molecule has 0 radical (unpaired) electrons. The molecule has 9 aromatic rings. The molecule has 0 spiro atoms. The summed E-state index contributed by atoms with van der Waals surface area (Å²) in [6, 6.07) is 58.1. The van der Waals surface area contributed by atoms with E-state index < -0.39 is 0 Å². The molecule has 2 aromatic heterocycles. The highest BCUT2D eigenvalue weighted by atomic mass is 35.5. The van der Waals surface area contributed by atoms with E-state index in [2.05, 4.69) is 167 Å². The van der Waals surface area contributed by atoms with Crippen LogP contribution in [0.15, 0.2) is 164 Å². The third-order valence-electron chi connectivity index (χ3n) is 8.77. The highest BCUT2D eigenvalue weighted by molar-refractivity contribution is 7.26. The molecule has 0 amide bonds. The Kier molecular flexibility index (Phi) is 6.41. The van der Waals surface area contributed by atoms with Crippen molar-refractivity contribution in [2.24, 2.45) is 0 Å². The fourth-order valence-electron chi connectivity index (χ4n) is 6.75. The number of thiophene rings is 1. The number of nitrogens with zero attached hydrogens (tertiary/aromatic N) is 2. The molecule has 0 saturated carbocycles. The van der Waals surface area contributed by atoms with Gasteiger partial charge in [0.15, 0.2) is 0 Å². The summed E-state index contributed by atoms with van der Waals surface area (Å²) in [6.07, 6.45) is 0. The van der Waals surface area contributed by atoms with Gasteiger partial charge in [-0.1, -0.05) is 96.5 Å². The van der Waals surface area contributed by atoms with Crippen molar-refractivity contribution in [2.75, 3.05) is 4.90 Å². The van der Waals surface area contributed by atoms with Gasteiger partial charge in [0.2, 0.25) is 0 Å². The van der Waals surface area contributed by atoms with Gasteiger partial charge in [-0.05, 0) is 101 Å². The normalized spacial score (nSPS) is 11.6. The molecule has 9 rings (SSSR count). The molecule has 46 heavy (non-hydrogen) atoms. The van der Waals surface area contributed by atoms with Crippen LogP contribution in [0.4, 0.5) is 17.1 Å². The lowest BCUT2D eigenvalue weighted by molar-refractivity contribution is 1.18. The van der Waals surface area contributed by atoms with Crippen LogP contribution in [0.5, 0.6) is 0 Å². The molecule has 0 atom stereocenters. The molecule has 0 aliphatic heterocycles. The number of anilines is 3.